The molecule has 1 aromatic rings. The fourth-order valence-corrected chi connectivity index (χ4v) is 1.42. The fraction of sp³-hybridized carbons (Fsp3) is 0.182. The molecule has 0 aliphatic heterocycles. The van der Waals surface area contributed by atoms with Crippen LogP contribution < -0.4 is 0 Å². The molecule has 1 aromatic carbocycles. The average molecular weight is 257 g/mol. The van der Waals surface area contributed by atoms with Crippen LogP contribution in [0.2, 0.25) is 0 Å². The molecule has 0 saturated heterocycles. The van der Waals surface area contributed by atoms with Crippen molar-refractivity contribution >= 4 is 12.3 Å². The first-order chi connectivity index (χ1) is 8.36. The molecule has 1 rings (SSSR count). The summed E-state index contributed by atoms with van der Waals surface area (Å²) in [5.41, 5.74) is -3.58. The molecule has 0 radical (unpaired) electrons. The van der Waals surface area contributed by atoms with Crippen LogP contribution >= 0.6 is 0 Å². The molecule has 0 fully saturated rings. The number of carbonyl (C=O) groups is 2. The molecule has 4 nitrogen and oxygen atoms in total. The van der Waals surface area contributed by atoms with E-state index in [1.54, 1.807) is 0 Å². The number of hydrogen-bond donors (Lipinski definition) is 0. The van der Waals surface area contributed by atoms with Crippen molar-refractivity contribution in [2.24, 2.45) is 0 Å². The van der Waals surface area contributed by atoms with Crippen LogP contribution in [0.1, 0.15) is 31.8 Å². The Morgan fingerprint density at radius 3 is 2.44 bits per heavy atom. The molecule has 7 heteroatoms. The van der Waals surface area contributed by atoms with Gasteiger partial charge in [0.1, 0.15) is 6.07 Å². The van der Waals surface area contributed by atoms with E-state index in [4.69, 9.17) is 5.26 Å². The third-order valence-corrected chi connectivity index (χ3v) is 2.17. The summed E-state index contributed by atoms with van der Waals surface area (Å²) in [7, 11) is 0.977. The predicted molar refractivity (Wildman–Crippen MR) is 52.9 cm³/mol. The third-order valence-electron chi connectivity index (χ3n) is 2.17. The van der Waals surface area contributed by atoms with E-state index < -0.39 is 34.4 Å². The third kappa shape index (κ3) is 2.32. The maximum absolute atomic E-state index is 12.8. The van der Waals surface area contributed by atoms with Crippen LogP contribution in [0.4, 0.5) is 13.2 Å². The van der Waals surface area contributed by atoms with Crippen molar-refractivity contribution in [1.29, 1.82) is 5.26 Å². The maximum Gasteiger partial charge on any atom is 0.418 e. The zero-order chi connectivity index (χ0) is 13.9. The lowest BCUT2D eigenvalue weighted by Gasteiger charge is -2.13. The molecule has 0 bridgehead atoms. The number of rotatable bonds is 2. The summed E-state index contributed by atoms with van der Waals surface area (Å²) in [6.07, 6.45) is -4.93. The van der Waals surface area contributed by atoms with Crippen molar-refractivity contribution in [2.75, 3.05) is 7.11 Å². The quantitative estimate of drug-likeness (QED) is 0.601. The van der Waals surface area contributed by atoms with Crippen molar-refractivity contribution in [3.8, 4) is 6.07 Å². The lowest BCUT2D eigenvalue weighted by molar-refractivity contribution is -0.138. The van der Waals surface area contributed by atoms with Crippen molar-refractivity contribution in [2.45, 2.75) is 6.18 Å². The Labute approximate surface area is 99.6 Å². The molecular formula is C11H6F3NO3. The van der Waals surface area contributed by atoms with Crippen LogP contribution in [0.5, 0.6) is 0 Å². The summed E-state index contributed by atoms with van der Waals surface area (Å²) in [4.78, 5) is 21.8. The molecule has 0 spiro atoms. The second-order valence-corrected chi connectivity index (χ2v) is 3.17. The molecule has 94 valence electrons. The van der Waals surface area contributed by atoms with E-state index in [0.29, 0.717) is 0 Å². The van der Waals surface area contributed by atoms with Gasteiger partial charge in [-0.1, -0.05) is 6.07 Å². The van der Waals surface area contributed by atoms with Crippen LogP contribution in [-0.4, -0.2) is 19.4 Å². The van der Waals surface area contributed by atoms with Crippen molar-refractivity contribution in [3.63, 3.8) is 0 Å². The first-order valence-corrected chi connectivity index (χ1v) is 4.54. The van der Waals surface area contributed by atoms with Crippen molar-refractivity contribution in [3.05, 3.63) is 34.4 Å². The van der Waals surface area contributed by atoms with E-state index >= 15 is 0 Å². The summed E-state index contributed by atoms with van der Waals surface area (Å²) >= 11 is 0. The summed E-state index contributed by atoms with van der Waals surface area (Å²) in [6, 6.07) is 3.05. The van der Waals surface area contributed by atoms with Gasteiger partial charge in [0.2, 0.25) is 0 Å². The minimum absolute atomic E-state index is 0.0231. The van der Waals surface area contributed by atoms with Crippen LogP contribution in [0.3, 0.4) is 0 Å². The summed E-state index contributed by atoms with van der Waals surface area (Å²) in [5, 5.41) is 8.75. The van der Waals surface area contributed by atoms with Crippen LogP contribution in [-0.2, 0) is 10.9 Å². The van der Waals surface area contributed by atoms with Gasteiger partial charge in [-0.05, 0) is 6.07 Å². The van der Waals surface area contributed by atoms with Gasteiger partial charge in [-0.2, -0.15) is 18.4 Å². The number of benzene rings is 1. The molecule has 0 aliphatic rings. The number of nitrogens with zero attached hydrogens (tertiary/aromatic N) is 1. The Morgan fingerprint density at radius 1 is 1.44 bits per heavy atom. The highest BCUT2D eigenvalue weighted by Gasteiger charge is 2.38. The molecular weight excluding hydrogens is 251 g/mol. The maximum atomic E-state index is 12.8. The minimum Gasteiger partial charge on any atom is -0.465 e. The molecule has 0 aromatic heterocycles. The van der Waals surface area contributed by atoms with Gasteiger partial charge < -0.3 is 4.74 Å². The highest BCUT2D eigenvalue weighted by Crippen LogP contribution is 2.35. The molecule has 0 amide bonds. The normalized spacial score (nSPS) is 10.6. The molecule has 0 saturated carbocycles. The Morgan fingerprint density at radius 2 is 2.06 bits per heavy atom. The van der Waals surface area contributed by atoms with Crippen LogP contribution in [0, 0.1) is 11.3 Å². The number of alkyl halides is 3. The smallest absolute Gasteiger partial charge is 0.418 e. The van der Waals surface area contributed by atoms with Crippen LogP contribution in [0.25, 0.3) is 0 Å². The number of halogens is 3. The first kappa shape index (κ1) is 13.7. The highest BCUT2D eigenvalue weighted by atomic mass is 19.4. The first-order valence-electron chi connectivity index (χ1n) is 4.54. The monoisotopic (exact) mass is 257 g/mol. The van der Waals surface area contributed by atoms with Gasteiger partial charge in [0, 0.05) is 5.56 Å². The molecule has 18 heavy (non-hydrogen) atoms. The van der Waals surface area contributed by atoms with E-state index in [1.807, 2.05) is 0 Å². The van der Waals surface area contributed by atoms with Crippen LogP contribution in [0.15, 0.2) is 12.1 Å². The average Bonchev–Trinajstić information content (AvgIpc) is 2.34. The number of ether oxygens (including phenoxy) is 1. The molecule has 0 N–H and O–H groups in total. The van der Waals surface area contributed by atoms with Gasteiger partial charge >= 0.3 is 12.1 Å². The Kier molecular flexibility index (Phi) is 3.71. The summed E-state index contributed by atoms with van der Waals surface area (Å²) < 4.78 is 42.6. The van der Waals surface area contributed by atoms with Gasteiger partial charge in [0.25, 0.3) is 0 Å². The largest absolute Gasteiger partial charge is 0.465 e. The molecule has 0 heterocycles. The lowest BCUT2D eigenvalue weighted by Crippen LogP contribution is -2.16. The number of methoxy groups -OCH3 is 1. The Hall–Kier alpha value is -2.36. The van der Waals surface area contributed by atoms with E-state index in [2.05, 4.69) is 4.74 Å². The Bertz CT molecular complexity index is 544. The minimum atomic E-state index is -4.91. The standard InChI is InChI=1S/C11H6F3NO3/c1-18-10(17)7-3-2-6(5-16)9(8(7)4-15)11(12,13)14/h2-3,5H,1H3. The summed E-state index contributed by atoms with van der Waals surface area (Å²) in [6.45, 7) is 0. The lowest BCUT2D eigenvalue weighted by atomic mass is 9.96. The number of carbonyl (C=O) groups excluding carboxylic acids is 2. The number of hydrogen-bond acceptors (Lipinski definition) is 4. The van der Waals surface area contributed by atoms with E-state index in [0.717, 1.165) is 19.2 Å². The van der Waals surface area contributed by atoms with Gasteiger partial charge in [0.15, 0.2) is 6.29 Å². The van der Waals surface area contributed by atoms with Crippen molar-refractivity contribution in [1.82, 2.24) is 0 Å². The molecule has 0 unspecified atom stereocenters. The van der Waals surface area contributed by atoms with Crippen molar-refractivity contribution < 1.29 is 27.5 Å². The number of aldehydes is 1. The number of esters is 1. The molecule has 0 atom stereocenters. The fourth-order valence-electron chi connectivity index (χ4n) is 1.42. The van der Waals surface area contributed by atoms with E-state index in [9.17, 15) is 22.8 Å². The van der Waals surface area contributed by atoms with E-state index in [1.165, 1.54) is 6.07 Å². The zero-order valence-corrected chi connectivity index (χ0v) is 9.04. The highest BCUT2D eigenvalue weighted by molar-refractivity contribution is 5.94. The topological polar surface area (TPSA) is 67.2 Å². The van der Waals surface area contributed by atoms with Gasteiger partial charge in [0.05, 0.1) is 23.8 Å². The second-order valence-electron chi connectivity index (χ2n) is 3.17. The number of nitriles is 1. The SMILES string of the molecule is COC(=O)c1ccc(C=O)c(C(F)(F)F)c1C#N. The van der Waals surface area contributed by atoms with Gasteiger partial charge in [-0.3, -0.25) is 4.79 Å². The Balaban J connectivity index is 3.70. The van der Waals surface area contributed by atoms with Gasteiger partial charge in [-0.15, -0.1) is 0 Å². The predicted octanol–water partition coefficient (Wildman–Crippen LogP) is 2.18. The molecule has 0 aliphatic carbocycles. The zero-order valence-electron chi connectivity index (χ0n) is 9.04. The van der Waals surface area contributed by atoms with Gasteiger partial charge in [-0.25, -0.2) is 4.79 Å². The summed E-state index contributed by atoms with van der Waals surface area (Å²) in [5.74, 6) is -1.07. The van der Waals surface area contributed by atoms with E-state index in [-0.39, 0.29) is 6.29 Å². The second kappa shape index (κ2) is 4.87.